The molecule has 7 heteroatoms. The van der Waals surface area contributed by atoms with Gasteiger partial charge in [0.25, 0.3) is 0 Å². The van der Waals surface area contributed by atoms with Crippen LogP contribution in [0.1, 0.15) is 53.4 Å². The van der Waals surface area contributed by atoms with Gasteiger partial charge in [0.1, 0.15) is 13.2 Å². The van der Waals surface area contributed by atoms with Crippen LogP contribution in [0.2, 0.25) is 0 Å². The van der Waals surface area contributed by atoms with Crippen LogP contribution in [0.5, 0.6) is 0 Å². The molecule has 0 bridgehead atoms. The maximum Gasteiger partial charge on any atom is 0.248 e. The maximum atomic E-state index is 12.3. The summed E-state index contributed by atoms with van der Waals surface area (Å²) in [5.74, 6) is 2.64. The van der Waals surface area contributed by atoms with E-state index in [0.717, 1.165) is 51.9 Å². The summed E-state index contributed by atoms with van der Waals surface area (Å²) in [4.78, 5) is 28.5. The van der Waals surface area contributed by atoms with E-state index in [2.05, 4.69) is 27.7 Å². The van der Waals surface area contributed by atoms with Crippen LogP contribution in [0.3, 0.4) is 0 Å². The van der Waals surface area contributed by atoms with Crippen LogP contribution >= 0.6 is 0 Å². The first-order chi connectivity index (χ1) is 15.0. The van der Waals surface area contributed by atoms with Gasteiger partial charge < -0.3 is 24.0 Å². The summed E-state index contributed by atoms with van der Waals surface area (Å²) in [6.07, 6.45) is 4.50. The van der Waals surface area contributed by atoms with Crippen molar-refractivity contribution in [2.75, 3.05) is 65.8 Å². The second kappa shape index (κ2) is 14.1. The molecular weight excluding hydrogens is 396 g/mol. The molecular formula is C24H44N2O5. The largest absolute Gasteiger partial charge is 0.377 e. The molecule has 180 valence electrons. The molecule has 2 saturated heterocycles. The Balaban J connectivity index is 1.45. The van der Waals surface area contributed by atoms with E-state index < -0.39 is 0 Å². The monoisotopic (exact) mass is 440 g/mol. The van der Waals surface area contributed by atoms with Crippen LogP contribution in [0.4, 0.5) is 0 Å². The zero-order valence-electron chi connectivity index (χ0n) is 20.1. The minimum absolute atomic E-state index is 0.0776. The molecule has 4 atom stereocenters. The van der Waals surface area contributed by atoms with Gasteiger partial charge in [-0.15, -0.1) is 0 Å². The van der Waals surface area contributed by atoms with Gasteiger partial charge in [-0.3, -0.25) is 9.59 Å². The Morgan fingerprint density at radius 1 is 0.581 bits per heavy atom. The van der Waals surface area contributed by atoms with Gasteiger partial charge in [0.15, 0.2) is 0 Å². The number of likely N-dealkylation sites (tertiary alicyclic amines) is 2. The molecule has 0 saturated carbocycles. The van der Waals surface area contributed by atoms with E-state index in [4.69, 9.17) is 14.2 Å². The van der Waals surface area contributed by atoms with E-state index in [1.807, 2.05) is 9.80 Å². The van der Waals surface area contributed by atoms with Gasteiger partial charge in [-0.25, -0.2) is 0 Å². The fourth-order valence-corrected chi connectivity index (χ4v) is 4.97. The molecule has 2 aliphatic heterocycles. The third-order valence-corrected chi connectivity index (χ3v) is 7.15. The van der Waals surface area contributed by atoms with E-state index in [1.54, 1.807) is 0 Å². The van der Waals surface area contributed by atoms with Gasteiger partial charge in [-0.1, -0.05) is 53.4 Å². The number of hydrogen-bond acceptors (Lipinski definition) is 5. The highest BCUT2D eigenvalue weighted by molar-refractivity contribution is 5.78. The summed E-state index contributed by atoms with van der Waals surface area (Å²) < 4.78 is 16.4. The summed E-state index contributed by atoms with van der Waals surface area (Å²) in [5.41, 5.74) is 0. The molecule has 2 fully saturated rings. The predicted molar refractivity (Wildman–Crippen MR) is 121 cm³/mol. The lowest BCUT2D eigenvalue weighted by Crippen LogP contribution is -2.33. The molecule has 0 spiro atoms. The topological polar surface area (TPSA) is 68.3 Å². The van der Waals surface area contributed by atoms with Crippen molar-refractivity contribution >= 4 is 11.8 Å². The van der Waals surface area contributed by atoms with E-state index in [0.29, 0.717) is 50.1 Å². The summed E-state index contributed by atoms with van der Waals surface area (Å²) in [6, 6.07) is 0. The molecule has 2 amide bonds. The Bertz CT molecular complexity index is 474. The number of carbonyl (C=O) groups excluding carboxylic acids is 2. The van der Waals surface area contributed by atoms with Crippen molar-refractivity contribution in [3.05, 3.63) is 0 Å². The zero-order chi connectivity index (χ0) is 22.6. The van der Waals surface area contributed by atoms with Crippen LogP contribution in [-0.4, -0.2) is 87.4 Å². The third kappa shape index (κ3) is 8.03. The molecule has 7 nitrogen and oxygen atoms in total. The number of amides is 2. The standard InChI is InChI=1S/C24H44N2O5/c1-5-19-13-25(14-20(19)6-2)23(27)17-30-11-9-29-10-12-31-18-24(28)26-15-21(7-3)22(8-4)16-26/h19-22H,5-18H2,1-4H3. The molecule has 4 unspecified atom stereocenters. The van der Waals surface area contributed by atoms with Crippen LogP contribution in [0.15, 0.2) is 0 Å². The van der Waals surface area contributed by atoms with Gasteiger partial charge in [-0.05, 0) is 23.7 Å². The second-order valence-corrected chi connectivity index (χ2v) is 8.99. The number of nitrogens with zero attached hydrogens (tertiary/aromatic N) is 2. The van der Waals surface area contributed by atoms with Crippen molar-refractivity contribution in [2.45, 2.75) is 53.4 Å². The molecule has 0 aliphatic carbocycles. The first kappa shape index (κ1) is 26.1. The first-order valence-electron chi connectivity index (χ1n) is 12.3. The summed E-state index contributed by atoms with van der Waals surface area (Å²) in [7, 11) is 0. The molecule has 0 radical (unpaired) electrons. The van der Waals surface area contributed by atoms with Crippen molar-refractivity contribution in [1.29, 1.82) is 0 Å². The Labute approximate surface area is 188 Å². The van der Waals surface area contributed by atoms with E-state index in [1.165, 1.54) is 0 Å². The highest BCUT2D eigenvalue weighted by Gasteiger charge is 2.33. The SMILES string of the molecule is CCC1CN(C(=O)COCCOCCOCC(=O)N2CC(CC)C(CC)C2)CC1CC. The van der Waals surface area contributed by atoms with Crippen molar-refractivity contribution in [2.24, 2.45) is 23.7 Å². The van der Waals surface area contributed by atoms with Crippen molar-refractivity contribution in [3.8, 4) is 0 Å². The molecule has 0 aromatic heterocycles. The highest BCUT2D eigenvalue weighted by Crippen LogP contribution is 2.29. The minimum Gasteiger partial charge on any atom is -0.377 e. The number of hydrogen-bond donors (Lipinski definition) is 0. The number of carbonyl (C=O) groups is 2. The second-order valence-electron chi connectivity index (χ2n) is 8.99. The minimum atomic E-state index is 0.0776. The van der Waals surface area contributed by atoms with E-state index >= 15 is 0 Å². The molecule has 2 heterocycles. The van der Waals surface area contributed by atoms with Gasteiger partial charge in [-0.2, -0.15) is 0 Å². The summed E-state index contributed by atoms with van der Waals surface area (Å²) in [6.45, 7) is 14.1. The van der Waals surface area contributed by atoms with E-state index in [-0.39, 0.29) is 25.0 Å². The number of rotatable bonds is 14. The molecule has 0 aromatic rings. The maximum absolute atomic E-state index is 12.3. The average molecular weight is 441 g/mol. The predicted octanol–water partition coefficient (Wildman–Crippen LogP) is 2.83. The lowest BCUT2D eigenvalue weighted by atomic mass is 9.92. The lowest BCUT2D eigenvalue weighted by molar-refractivity contribution is -0.136. The van der Waals surface area contributed by atoms with Gasteiger partial charge >= 0.3 is 0 Å². The highest BCUT2D eigenvalue weighted by atomic mass is 16.5. The van der Waals surface area contributed by atoms with Crippen molar-refractivity contribution in [3.63, 3.8) is 0 Å². The lowest BCUT2D eigenvalue weighted by Gasteiger charge is -2.16. The molecule has 2 aliphatic rings. The first-order valence-corrected chi connectivity index (χ1v) is 12.3. The van der Waals surface area contributed by atoms with Crippen LogP contribution in [-0.2, 0) is 23.8 Å². The Morgan fingerprint density at radius 2 is 0.871 bits per heavy atom. The quantitative estimate of drug-likeness (QED) is 0.389. The molecule has 0 N–H and O–H groups in total. The Hall–Kier alpha value is -1.18. The summed E-state index contributed by atoms with van der Waals surface area (Å²) >= 11 is 0. The average Bonchev–Trinajstić information content (AvgIpc) is 3.41. The number of ether oxygens (including phenoxy) is 3. The third-order valence-electron chi connectivity index (χ3n) is 7.15. The molecule has 0 aromatic carbocycles. The van der Waals surface area contributed by atoms with Crippen molar-refractivity contribution < 1.29 is 23.8 Å². The fraction of sp³-hybridized carbons (Fsp3) is 0.917. The zero-order valence-corrected chi connectivity index (χ0v) is 20.1. The smallest absolute Gasteiger partial charge is 0.248 e. The van der Waals surface area contributed by atoms with Crippen LogP contribution in [0, 0.1) is 23.7 Å². The van der Waals surface area contributed by atoms with Crippen molar-refractivity contribution in [1.82, 2.24) is 9.80 Å². The summed E-state index contributed by atoms with van der Waals surface area (Å²) in [5, 5.41) is 0. The molecule has 31 heavy (non-hydrogen) atoms. The van der Waals surface area contributed by atoms with Crippen LogP contribution < -0.4 is 0 Å². The molecule has 2 rings (SSSR count). The fourth-order valence-electron chi connectivity index (χ4n) is 4.97. The Morgan fingerprint density at radius 3 is 1.16 bits per heavy atom. The van der Waals surface area contributed by atoms with Gasteiger partial charge in [0.05, 0.1) is 26.4 Å². The normalized spacial score (nSPS) is 26.1. The van der Waals surface area contributed by atoms with Crippen LogP contribution in [0.25, 0.3) is 0 Å². The van der Waals surface area contributed by atoms with Gasteiger partial charge in [0.2, 0.25) is 11.8 Å². The van der Waals surface area contributed by atoms with E-state index in [9.17, 15) is 9.59 Å². The Kier molecular flexibility index (Phi) is 11.8. The van der Waals surface area contributed by atoms with Gasteiger partial charge in [0, 0.05) is 26.2 Å².